The number of hydrogen-bond acceptors (Lipinski definition) is 4. The Bertz CT molecular complexity index is 78.0. The maximum Gasteiger partial charge on any atom is 1.00 e. The number of carboxylic acid groups (broad SMARTS) is 2. The van der Waals surface area contributed by atoms with Crippen molar-refractivity contribution in [3.63, 3.8) is 0 Å². The Balaban J connectivity index is -0.000000125. The molecule has 0 aliphatic heterocycles. The summed E-state index contributed by atoms with van der Waals surface area (Å²) in [5.74, 6) is -4.37. The smallest absolute Gasteiger partial charge is 0.543 e. The second-order valence-corrected chi connectivity index (χ2v) is 0.575. The SMILES string of the molecule is O=C([O-])C(=O)[O-].[Hg+].[Hg+]. The van der Waals surface area contributed by atoms with Gasteiger partial charge >= 0.3 is 55.3 Å². The van der Waals surface area contributed by atoms with E-state index in [1.54, 1.807) is 0 Å². The molecule has 0 spiro atoms. The van der Waals surface area contributed by atoms with Gasteiger partial charge in [-0.3, -0.25) is 0 Å². The van der Waals surface area contributed by atoms with Crippen LogP contribution in [0.1, 0.15) is 0 Å². The van der Waals surface area contributed by atoms with Crippen LogP contribution in [0.4, 0.5) is 0 Å². The molecular weight excluding hydrogens is 489 g/mol. The molecule has 0 N–H and O–H groups in total. The molecule has 0 aromatic heterocycles. The molecule has 2 radical (unpaired) electrons. The van der Waals surface area contributed by atoms with E-state index < -0.39 is 11.9 Å². The number of carboxylic acids is 2. The van der Waals surface area contributed by atoms with Gasteiger partial charge in [-0.2, -0.15) is 0 Å². The molecule has 0 aromatic rings. The third-order valence-corrected chi connectivity index (χ3v) is 0.167. The van der Waals surface area contributed by atoms with Gasteiger partial charge in [0.1, 0.15) is 0 Å². The van der Waals surface area contributed by atoms with Crippen molar-refractivity contribution in [2.75, 3.05) is 0 Å². The molecule has 0 atom stereocenters. The van der Waals surface area contributed by atoms with E-state index in [4.69, 9.17) is 19.8 Å². The summed E-state index contributed by atoms with van der Waals surface area (Å²) in [6, 6.07) is 0. The standard InChI is InChI=1S/C2H2O4.2Hg/c3-1(4)2(5)6;;/h(H,3,4)(H,5,6);;/q;2*+1/p-2. The van der Waals surface area contributed by atoms with Gasteiger partial charge in [0.05, 0.1) is 11.9 Å². The van der Waals surface area contributed by atoms with Gasteiger partial charge in [-0.05, 0) is 0 Å². The zero-order chi connectivity index (χ0) is 5.15. The monoisotopic (exact) mass is 492 g/mol. The van der Waals surface area contributed by atoms with E-state index in [9.17, 15) is 0 Å². The molecule has 8 heavy (non-hydrogen) atoms. The van der Waals surface area contributed by atoms with Crippen LogP contribution in [0.25, 0.3) is 0 Å². The van der Waals surface area contributed by atoms with Gasteiger partial charge < -0.3 is 19.8 Å². The normalized spacial score (nSPS) is 5.50. The molecule has 0 fully saturated rings. The van der Waals surface area contributed by atoms with Gasteiger partial charge in [-0.1, -0.05) is 0 Å². The first-order valence-corrected chi connectivity index (χ1v) is 1.07. The van der Waals surface area contributed by atoms with Crippen molar-refractivity contribution in [1.29, 1.82) is 0 Å². The van der Waals surface area contributed by atoms with E-state index in [1.165, 1.54) is 0 Å². The van der Waals surface area contributed by atoms with Crippen LogP contribution in [0.3, 0.4) is 0 Å². The Morgan fingerprint density at radius 3 is 1.00 bits per heavy atom. The predicted molar refractivity (Wildman–Crippen MR) is 10.0 cm³/mol. The Morgan fingerprint density at radius 2 is 1.00 bits per heavy atom. The second-order valence-electron chi connectivity index (χ2n) is 0.575. The summed E-state index contributed by atoms with van der Waals surface area (Å²) >= 11 is 0. The van der Waals surface area contributed by atoms with Gasteiger partial charge in [0.25, 0.3) is 0 Å². The molecule has 0 amide bonds. The van der Waals surface area contributed by atoms with E-state index >= 15 is 0 Å². The van der Waals surface area contributed by atoms with Crippen LogP contribution in [-0.4, -0.2) is 11.9 Å². The van der Waals surface area contributed by atoms with E-state index in [1.807, 2.05) is 0 Å². The number of rotatable bonds is 0. The first kappa shape index (κ1) is 15.9. The van der Waals surface area contributed by atoms with Crippen molar-refractivity contribution in [1.82, 2.24) is 0 Å². The first-order chi connectivity index (χ1) is 2.64. The fraction of sp³-hybridized carbons (Fsp3) is 0. The average molecular weight is 489 g/mol. The van der Waals surface area contributed by atoms with Gasteiger partial charge in [-0.25, -0.2) is 0 Å². The van der Waals surface area contributed by atoms with Crippen LogP contribution in [0.2, 0.25) is 0 Å². The molecule has 0 saturated carbocycles. The molecule has 0 aromatic carbocycles. The van der Waals surface area contributed by atoms with Crippen LogP contribution in [-0.2, 0) is 64.9 Å². The molecule has 0 unspecified atom stereocenters. The van der Waals surface area contributed by atoms with Crippen molar-refractivity contribution in [3.05, 3.63) is 0 Å². The van der Waals surface area contributed by atoms with Gasteiger partial charge in [0.15, 0.2) is 0 Å². The van der Waals surface area contributed by atoms with Crippen LogP contribution in [0, 0.1) is 0 Å². The van der Waals surface area contributed by atoms with Crippen molar-refractivity contribution in [2.45, 2.75) is 0 Å². The van der Waals surface area contributed by atoms with Crippen LogP contribution >= 0.6 is 0 Å². The fourth-order valence-corrected chi connectivity index (χ4v) is 0. The summed E-state index contributed by atoms with van der Waals surface area (Å²) in [5.41, 5.74) is 0. The number of carbonyl (C=O) groups excluding carboxylic acids is 2. The number of hydrogen-bond donors (Lipinski definition) is 0. The average Bonchev–Trinajstić information content (AvgIpc) is 1.36. The third kappa shape index (κ3) is 9.94. The summed E-state index contributed by atoms with van der Waals surface area (Å²) in [5, 5.41) is 17.9. The molecule has 0 aliphatic carbocycles. The summed E-state index contributed by atoms with van der Waals surface area (Å²) < 4.78 is 0. The summed E-state index contributed by atoms with van der Waals surface area (Å²) in [6.45, 7) is 0. The molecule has 0 heterocycles. The van der Waals surface area contributed by atoms with Crippen LogP contribution < -0.4 is 10.2 Å². The molecule has 6 heteroatoms. The van der Waals surface area contributed by atoms with E-state index in [0.717, 1.165) is 0 Å². The van der Waals surface area contributed by atoms with Crippen molar-refractivity contribution in [2.24, 2.45) is 0 Å². The van der Waals surface area contributed by atoms with Crippen LogP contribution in [0.15, 0.2) is 0 Å². The van der Waals surface area contributed by atoms with Crippen LogP contribution in [0.5, 0.6) is 0 Å². The van der Waals surface area contributed by atoms with Crippen molar-refractivity contribution in [3.8, 4) is 0 Å². The predicted octanol–water partition coefficient (Wildman–Crippen LogP) is -3.52. The zero-order valence-electron chi connectivity index (χ0n) is 4.05. The topological polar surface area (TPSA) is 80.3 Å². The van der Waals surface area contributed by atoms with E-state index in [0.29, 0.717) is 0 Å². The summed E-state index contributed by atoms with van der Waals surface area (Å²) in [7, 11) is 0. The zero-order valence-corrected chi connectivity index (χ0v) is 15.0. The molecular formula is C2Hg2O4. The molecule has 4 nitrogen and oxygen atoms in total. The van der Waals surface area contributed by atoms with Crippen molar-refractivity contribution < 1.29 is 75.1 Å². The summed E-state index contributed by atoms with van der Waals surface area (Å²) in [4.78, 5) is 17.9. The number of carbonyl (C=O) groups is 2. The van der Waals surface area contributed by atoms with Crippen molar-refractivity contribution >= 4 is 11.9 Å². The minimum atomic E-state index is -2.19. The Labute approximate surface area is 86.3 Å². The Kier molecular flexibility index (Phi) is 15.5. The minimum Gasteiger partial charge on any atom is -0.543 e. The van der Waals surface area contributed by atoms with Gasteiger partial charge in [-0.15, -0.1) is 0 Å². The molecule has 0 aliphatic rings. The maximum absolute atomic E-state index is 8.93. The van der Waals surface area contributed by atoms with Gasteiger partial charge in [0.2, 0.25) is 0 Å². The van der Waals surface area contributed by atoms with E-state index in [2.05, 4.69) is 0 Å². The number of aliphatic carboxylic acids is 2. The largest absolute Gasteiger partial charge is 1.00 e. The molecule has 36 valence electrons. The second kappa shape index (κ2) is 7.81. The molecule has 0 saturated heterocycles. The van der Waals surface area contributed by atoms with E-state index in [-0.39, 0.29) is 55.3 Å². The molecule has 0 bridgehead atoms. The quantitative estimate of drug-likeness (QED) is 0.261. The molecule has 0 rings (SSSR count). The third-order valence-electron chi connectivity index (χ3n) is 0.167. The first-order valence-electron chi connectivity index (χ1n) is 1.07. The van der Waals surface area contributed by atoms with Gasteiger partial charge in [0, 0.05) is 0 Å². The minimum absolute atomic E-state index is 0. The Morgan fingerprint density at radius 1 is 0.875 bits per heavy atom. The fourth-order valence-electron chi connectivity index (χ4n) is 0. The Hall–Kier alpha value is 0.810. The maximum atomic E-state index is 8.93. The summed E-state index contributed by atoms with van der Waals surface area (Å²) in [6.07, 6.45) is 0.